The molecule has 0 aromatic heterocycles. The first-order chi connectivity index (χ1) is 9.13. The van der Waals surface area contributed by atoms with Crippen LogP contribution in [-0.4, -0.2) is 30.5 Å². The Morgan fingerprint density at radius 1 is 1.53 bits per heavy atom. The third-order valence-electron chi connectivity index (χ3n) is 3.56. The van der Waals surface area contributed by atoms with Crippen LogP contribution in [0.5, 0.6) is 0 Å². The highest BCUT2D eigenvalue weighted by Crippen LogP contribution is 2.29. The van der Waals surface area contributed by atoms with Crippen LogP contribution in [0.4, 0.5) is 5.69 Å². The van der Waals surface area contributed by atoms with E-state index in [2.05, 4.69) is 13.0 Å². The molecule has 0 bridgehead atoms. The summed E-state index contributed by atoms with van der Waals surface area (Å²) in [6, 6.07) is 7.78. The average molecular weight is 278 g/mol. The van der Waals surface area contributed by atoms with Gasteiger partial charge in [-0.05, 0) is 42.4 Å². The van der Waals surface area contributed by atoms with Crippen molar-refractivity contribution in [1.82, 2.24) is 0 Å². The smallest absolute Gasteiger partial charge is 0.243 e. The molecule has 1 aromatic carbocycles. The van der Waals surface area contributed by atoms with E-state index in [4.69, 9.17) is 5.73 Å². The van der Waals surface area contributed by atoms with E-state index in [1.807, 2.05) is 29.4 Å². The van der Waals surface area contributed by atoms with Gasteiger partial charge < -0.3 is 10.6 Å². The van der Waals surface area contributed by atoms with Gasteiger partial charge in [0.1, 0.15) is 0 Å². The van der Waals surface area contributed by atoms with E-state index < -0.39 is 0 Å². The summed E-state index contributed by atoms with van der Waals surface area (Å²) in [5.74, 6) is 1.48. The lowest BCUT2D eigenvalue weighted by Crippen LogP contribution is -2.48. The summed E-state index contributed by atoms with van der Waals surface area (Å²) < 4.78 is 0. The SMILES string of the molecule is CSCC[C@@H](N)C(=O)N1CC(C)Cc2ccccc21. The number of carbonyl (C=O) groups excluding carboxylic acids is 1. The zero-order chi connectivity index (χ0) is 13.8. The van der Waals surface area contributed by atoms with E-state index in [0.29, 0.717) is 5.92 Å². The largest absolute Gasteiger partial charge is 0.320 e. The second-order valence-electron chi connectivity index (χ2n) is 5.27. The number of anilines is 1. The van der Waals surface area contributed by atoms with Crippen LogP contribution in [0.15, 0.2) is 24.3 Å². The molecule has 1 heterocycles. The van der Waals surface area contributed by atoms with Crippen LogP contribution in [-0.2, 0) is 11.2 Å². The summed E-state index contributed by atoms with van der Waals surface area (Å²) in [5.41, 5.74) is 8.33. The zero-order valence-corrected chi connectivity index (χ0v) is 12.5. The van der Waals surface area contributed by atoms with Crippen molar-refractivity contribution in [1.29, 1.82) is 0 Å². The molecule has 0 saturated carbocycles. The lowest BCUT2D eigenvalue weighted by molar-refractivity contribution is -0.120. The fourth-order valence-electron chi connectivity index (χ4n) is 2.57. The van der Waals surface area contributed by atoms with Gasteiger partial charge >= 0.3 is 0 Å². The van der Waals surface area contributed by atoms with Crippen molar-refractivity contribution in [3.8, 4) is 0 Å². The number of hydrogen-bond donors (Lipinski definition) is 1. The molecule has 0 aliphatic carbocycles. The molecule has 104 valence electrons. The van der Waals surface area contributed by atoms with Crippen molar-refractivity contribution in [3.05, 3.63) is 29.8 Å². The van der Waals surface area contributed by atoms with Crippen molar-refractivity contribution >= 4 is 23.4 Å². The van der Waals surface area contributed by atoms with E-state index >= 15 is 0 Å². The fourth-order valence-corrected chi connectivity index (χ4v) is 3.06. The van der Waals surface area contributed by atoms with Crippen LogP contribution in [0.1, 0.15) is 18.9 Å². The van der Waals surface area contributed by atoms with Gasteiger partial charge in [0.25, 0.3) is 0 Å². The van der Waals surface area contributed by atoms with Crippen molar-refractivity contribution < 1.29 is 4.79 Å². The minimum atomic E-state index is -0.384. The second kappa shape index (κ2) is 6.44. The minimum absolute atomic E-state index is 0.0630. The third kappa shape index (κ3) is 3.31. The van der Waals surface area contributed by atoms with Crippen LogP contribution in [0.3, 0.4) is 0 Å². The standard InChI is InChI=1S/C15H22N2OS/c1-11-9-12-5-3-4-6-14(12)17(10-11)15(18)13(16)7-8-19-2/h3-6,11,13H,7-10,16H2,1-2H3/t11?,13-/m1/s1. The summed E-state index contributed by atoms with van der Waals surface area (Å²) in [7, 11) is 0. The highest BCUT2D eigenvalue weighted by atomic mass is 32.2. The predicted molar refractivity (Wildman–Crippen MR) is 82.6 cm³/mol. The number of fused-ring (bicyclic) bond motifs is 1. The number of para-hydroxylation sites is 1. The first-order valence-corrected chi connectivity index (χ1v) is 8.16. The number of amides is 1. The molecule has 2 atom stereocenters. The molecule has 0 fully saturated rings. The molecule has 2 rings (SSSR count). The van der Waals surface area contributed by atoms with Gasteiger partial charge in [0.05, 0.1) is 6.04 Å². The summed E-state index contributed by atoms with van der Waals surface area (Å²) in [4.78, 5) is 14.4. The van der Waals surface area contributed by atoms with Crippen LogP contribution in [0.2, 0.25) is 0 Å². The van der Waals surface area contributed by atoms with Gasteiger partial charge in [-0.15, -0.1) is 0 Å². The number of thioether (sulfide) groups is 1. The van der Waals surface area contributed by atoms with Crippen LogP contribution in [0.25, 0.3) is 0 Å². The predicted octanol–water partition coefficient (Wildman–Crippen LogP) is 2.29. The van der Waals surface area contributed by atoms with E-state index in [-0.39, 0.29) is 11.9 Å². The van der Waals surface area contributed by atoms with Gasteiger partial charge in [0.2, 0.25) is 5.91 Å². The van der Waals surface area contributed by atoms with Crippen molar-refractivity contribution in [2.24, 2.45) is 11.7 Å². The number of rotatable bonds is 4. The Bertz CT molecular complexity index is 450. The first-order valence-electron chi connectivity index (χ1n) is 6.77. The van der Waals surface area contributed by atoms with Crippen molar-refractivity contribution in [3.63, 3.8) is 0 Å². The number of nitrogens with two attached hydrogens (primary N) is 1. The highest BCUT2D eigenvalue weighted by molar-refractivity contribution is 7.98. The fraction of sp³-hybridized carbons (Fsp3) is 0.533. The molecule has 1 unspecified atom stereocenters. The van der Waals surface area contributed by atoms with Crippen molar-refractivity contribution in [2.45, 2.75) is 25.8 Å². The molecule has 0 spiro atoms. The van der Waals surface area contributed by atoms with Crippen LogP contribution in [0, 0.1) is 5.92 Å². The maximum absolute atomic E-state index is 12.5. The van der Waals surface area contributed by atoms with E-state index in [1.54, 1.807) is 11.8 Å². The molecule has 0 saturated heterocycles. The van der Waals surface area contributed by atoms with Crippen LogP contribution < -0.4 is 10.6 Å². The number of benzene rings is 1. The minimum Gasteiger partial charge on any atom is -0.320 e. The Labute approximate surface area is 119 Å². The van der Waals surface area contributed by atoms with E-state index in [9.17, 15) is 4.79 Å². The molecule has 1 aromatic rings. The molecule has 1 amide bonds. The lowest BCUT2D eigenvalue weighted by atomic mass is 9.93. The molecule has 2 N–H and O–H groups in total. The monoisotopic (exact) mass is 278 g/mol. The lowest BCUT2D eigenvalue weighted by Gasteiger charge is -2.34. The molecule has 3 nitrogen and oxygen atoms in total. The Kier molecular flexibility index (Phi) is 4.88. The summed E-state index contributed by atoms with van der Waals surface area (Å²) in [5, 5.41) is 0. The average Bonchev–Trinajstić information content (AvgIpc) is 2.42. The second-order valence-corrected chi connectivity index (χ2v) is 6.26. The maximum Gasteiger partial charge on any atom is 0.243 e. The van der Waals surface area contributed by atoms with Gasteiger partial charge in [-0.25, -0.2) is 0 Å². The van der Waals surface area contributed by atoms with Gasteiger partial charge in [-0.1, -0.05) is 25.1 Å². The van der Waals surface area contributed by atoms with Gasteiger partial charge in [-0.3, -0.25) is 4.79 Å². The molecular weight excluding hydrogens is 256 g/mol. The maximum atomic E-state index is 12.5. The Morgan fingerprint density at radius 2 is 2.26 bits per heavy atom. The molecule has 4 heteroatoms. The third-order valence-corrected chi connectivity index (χ3v) is 4.21. The number of hydrogen-bond acceptors (Lipinski definition) is 3. The zero-order valence-electron chi connectivity index (χ0n) is 11.6. The molecule has 0 radical (unpaired) electrons. The Morgan fingerprint density at radius 3 is 3.00 bits per heavy atom. The van der Waals surface area contributed by atoms with Gasteiger partial charge in [-0.2, -0.15) is 11.8 Å². The quantitative estimate of drug-likeness (QED) is 0.919. The van der Waals surface area contributed by atoms with Crippen molar-refractivity contribution in [2.75, 3.05) is 23.5 Å². The molecule has 1 aliphatic heterocycles. The summed E-state index contributed by atoms with van der Waals surface area (Å²) >= 11 is 1.73. The molecular formula is C15H22N2OS. The van der Waals surface area contributed by atoms with E-state index in [0.717, 1.165) is 30.8 Å². The molecule has 1 aliphatic rings. The number of carbonyl (C=O) groups is 1. The van der Waals surface area contributed by atoms with Crippen LogP contribution >= 0.6 is 11.8 Å². The van der Waals surface area contributed by atoms with Gasteiger partial charge in [0.15, 0.2) is 0 Å². The Balaban J connectivity index is 2.18. The Hall–Kier alpha value is -1.00. The van der Waals surface area contributed by atoms with E-state index in [1.165, 1.54) is 5.56 Å². The number of nitrogens with zero attached hydrogens (tertiary/aromatic N) is 1. The molecule has 19 heavy (non-hydrogen) atoms. The summed E-state index contributed by atoms with van der Waals surface area (Å²) in [6.07, 6.45) is 3.82. The summed E-state index contributed by atoms with van der Waals surface area (Å²) in [6.45, 7) is 2.96. The van der Waals surface area contributed by atoms with Gasteiger partial charge in [0, 0.05) is 12.2 Å². The highest BCUT2D eigenvalue weighted by Gasteiger charge is 2.28. The normalized spacial score (nSPS) is 19.9. The topological polar surface area (TPSA) is 46.3 Å². The first kappa shape index (κ1) is 14.4.